The Kier molecular flexibility index (Phi) is 5.26. The molecule has 0 heterocycles. The molecule has 0 radical (unpaired) electrons. The lowest BCUT2D eigenvalue weighted by atomic mass is 9.79. The minimum atomic E-state index is -0.426. The Morgan fingerprint density at radius 3 is 2.54 bits per heavy atom. The molecule has 136 valence electrons. The molecule has 0 saturated heterocycles. The molecule has 2 aromatic rings. The summed E-state index contributed by atoms with van der Waals surface area (Å²) in [6.07, 6.45) is 0.159. The molecule has 0 aromatic heterocycles. The van der Waals surface area contributed by atoms with Gasteiger partial charge in [-0.25, -0.2) is 4.79 Å². The van der Waals surface area contributed by atoms with Crippen LogP contribution in [0.15, 0.2) is 48.5 Å². The lowest BCUT2D eigenvalue weighted by Crippen LogP contribution is -2.49. The Balaban J connectivity index is 1.95. The number of hydrogen-bond donors (Lipinski definition) is 0. The van der Waals surface area contributed by atoms with E-state index in [1.165, 1.54) is 7.11 Å². The van der Waals surface area contributed by atoms with Gasteiger partial charge in [-0.1, -0.05) is 37.3 Å². The Bertz CT molecular complexity index is 803. The molecule has 1 aliphatic carbocycles. The number of nitrogens with zero attached hydrogens (tertiary/aromatic N) is 1. The van der Waals surface area contributed by atoms with Crippen LogP contribution in [0.4, 0.5) is 4.79 Å². The largest absolute Gasteiger partial charge is 0.497 e. The highest BCUT2D eigenvalue weighted by Crippen LogP contribution is 2.32. The number of fused-ring (bicyclic) bond motifs is 1. The number of Topliss-reactive ketones (excluding diaryl/α,β-unsaturated/α-hetero) is 1. The fourth-order valence-electron chi connectivity index (χ4n) is 3.52. The number of benzene rings is 2. The minimum Gasteiger partial charge on any atom is -0.497 e. The van der Waals surface area contributed by atoms with Crippen LogP contribution < -0.4 is 4.74 Å². The van der Waals surface area contributed by atoms with Crippen molar-refractivity contribution in [1.29, 1.82) is 0 Å². The van der Waals surface area contributed by atoms with Crippen molar-refractivity contribution in [2.24, 2.45) is 5.92 Å². The first-order valence-electron chi connectivity index (χ1n) is 8.64. The predicted molar refractivity (Wildman–Crippen MR) is 98.4 cm³/mol. The zero-order chi connectivity index (χ0) is 18.7. The maximum atomic E-state index is 12.9. The first-order chi connectivity index (χ1) is 12.5. The van der Waals surface area contributed by atoms with Crippen molar-refractivity contribution >= 4 is 11.9 Å². The van der Waals surface area contributed by atoms with Gasteiger partial charge in [-0.3, -0.25) is 9.69 Å². The van der Waals surface area contributed by atoms with Gasteiger partial charge in [-0.2, -0.15) is 0 Å². The second kappa shape index (κ2) is 7.60. The van der Waals surface area contributed by atoms with Crippen LogP contribution >= 0.6 is 0 Å². The molecule has 3 rings (SSSR count). The molecule has 5 heteroatoms. The smallest absolute Gasteiger partial charge is 0.410 e. The van der Waals surface area contributed by atoms with E-state index in [9.17, 15) is 9.59 Å². The van der Waals surface area contributed by atoms with Gasteiger partial charge in [-0.15, -0.1) is 0 Å². The van der Waals surface area contributed by atoms with Crippen LogP contribution in [-0.4, -0.2) is 37.0 Å². The van der Waals surface area contributed by atoms with Crippen LogP contribution in [0.25, 0.3) is 0 Å². The van der Waals surface area contributed by atoms with Gasteiger partial charge in [0.2, 0.25) is 0 Å². The average molecular weight is 353 g/mol. The van der Waals surface area contributed by atoms with E-state index < -0.39 is 6.09 Å². The van der Waals surface area contributed by atoms with Crippen molar-refractivity contribution in [3.05, 3.63) is 65.2 Å². The fourth-order valence-corrected chi connectivity index (χ4v) is 3.52. The number of hydrogen-bond acceptors (Lipinski definition) is 4. The number of rotatable bonds is 4. The second-order valence-electron chi connectivity index (χ2n) is 6.53. The van der Waals surface area contributed by atoms with Crippen molar-refractivity contribution in [2.45, 2.75) is 25.9 Å². The summed E-state index contributed by atoms with van der Waals surface area (Å²) in [4.78, 5) is 27.0. The molecule has 26 heavy (non-hydrogen) atoms. The molecular weight excluding hydrogens is 330 g/mol. The molecule has 0 fully saturated rings. The third-order valence-corrected chi connectivity index (χ3v) is 5.00. The van der Waals surface area contributed by atoms with Crippen molar-refractivity contribution in [3.63, 3.8) is 0 Å². The minimum absolute atomic E-state index is 0.0425. The lowest BCUT2D eigenvalue weighted by molar-refractivity contribution is 0.0675. The zero-order valence-electron chi connectivity index (χ0n) is 15.3. The van der Waals surface area contributed by atoms with Crippen molar-refractivity contribution in [1.82, 2.24) is 4.90 Å². The van der Waals surface area contributed by atoms with E-state index in [0.29, 0.717) is 24.3 Å². The molecule has 2 atom stereocenters. The number of carbonyl (C=O) groups excluding carboxylic acids is 2. The molecule has 0 unspecified atom stereocenters. The third-order valence-electron chi connectivity index (χ3n) is 5.00. The molecular formula is C21H23NO4. The van der Waals surface area contributed by atoms with Gasteiger partial charge >= 0.3 is 6.09 Å². The molecule has 2 aromatic carbocycles. The summed E-state index contributed by atoms with van der Waals surface area (Å²) in [5, 5.41) is 0. The van der Waals surface area contributed by atoms with Crippen LogP contribution in [0.1, 0.15) is 28.4 Å². The van der Waals surface area contributed by atoms with Crippen LogP contribution in [0, 0.1) is 5.92 Å². The molecule has 0 spiro atoms. The van der Waals surface area contributed by atoms with E-state index in [1.54, 1.807) is 18.1 Å². The number of amides is 1. The summed E-state index contributed by atoms with van der Waals surface area (Å²) < 4.78 is 10.3. The SMILES string of the molecule is COC(=O)N(Cc1ccccc1)[C@H]1Cc2cc(OC)ccc2C(=O)[C@H]1C. The molecule has 0 N–H and O–H groups in total. The first-order valence-corrected chi connectivity index (χ1v) is 8.64. The Morgan fingerprint density at radius 2 is 1.88 bits per heavy atom. The Morgan fingerprint density at radius 1 is 1.15 bits per heavy atom. The summed E-state index contributed by atoms with van der Waals surface area (Å²) in [5.41, 5.74) is 2.60. The van der Waals surface area contributed by atoms with Crippen molar-refractivity contribution < 1.29 is 19.1 Å². The van der Waals surface area contributed by atoms with Gasteiger partial charge in [0.05, 0.1) is 14.2 Å². The van der Waals surface area contributed by atoms with Gasteiger partial charge in [0.15, 0.2) is 5.78 Å². The van der Waals surface area contributed by atoms with Crippen LogP contribution in [-0.2, 0) is 17.7 Å². The topological polar surface area (TPSA) is 55.8 Å². The van der Waals surface area contributed by atoms with E-state index >= 15 is 0 Å². The van der Waals surface area contributed by atoms with E-state index in [0.717, 1.165) is 11.1 Å². The predicted octanol–water partition coefficient (Wildman–Crippen LogP) is 3.71. The summed E-state index contributed by atoms with van der Waals surface area (Å²) >= 11 is 0. The van der Waals surface area contributed by atoms with E-state index in [1.807, 2.05) is 49.4 Å². The first kappa shape index (κ1) is 18.0. The van der Waals surface area contributed by atoms with Crippen LogP contribution in [0.5, 0.6) is 5.75 Å². The zero-order valence-corrected chi connectivity index (χ0v) is 15.3. The standard InChI is InChI=1S/C21H23NO4/c1-14-19(12-16-11-17(25-2)9-10-18(16)20(14)23)22(21(24)26-3)13-15-7-5-4-6-8-15/h4-11,14,19H,12-13H2,1-3H3/t14-,19-/m0/s1. The lowest BCUT2D eigenvalue weighted by Gasteiger charge is -2.37. The number of ketones is 1. The van der Waals surface area contributed by atoms with Crippen molar-refractivity contribution in [2.75, 3.05) is 14.2 Å². The third kappa shape index (κ3) is 3.43. The molecule has 1 amide bonds. The van der Waals surface area contributed by atoms with Crippen LogP contribution in [0.2, 0.25) is 0 Å². The summed E-state index contributed by atoms with van der Waals surface area (Å²) in [5.74, 6) is 0.442. The molecule has 1 aliphatic rings. The highest BCUT2D eigenvalue weighted by atomic mass is 16.5. The highest BCUT2D eigenvalue weighted by Gasteiger charge is 2.38. The van der Waals surface area contributed by atoms with E-state index in [-0.39, 0.29) is 17.7 Å². The maximum Gasteiger partial charge on any atom is 0.410 e. The number of ether oxygens (including phenoxy) is 2. The van der Waals surface area contributed by atoms with Gasteiger partial charge < -0.3 is 9.47 Å². The van der Waals surface area contributed by atoms with Gasteiger partial charge in [0.25, 0.3) is 0 Å². The Hall–Kier alpha value is -2.82. The number of carbonyl (C=O) groups is 2. The molecule has 0 saturated carbocycles. The molecule has 5 nitrogen and oxygen atoms in total. The quantitative estimate of drug-likeness (QED) is 0.841. The molecule has 0 aliphatic heterocycles. The van der Waals surface area contributed by atoms with Gasteiger partial charge in [0, 0.05) is 24.1 Å². The van der Waals surface area contributed by atoms with E-state index in [4.69, 9.17) is 9.47 Å². The second-order valence-corrected chi connectivity index (χ2v) is 6.53. The normalized spacial score (nSPS) is 18.8. The van der Waals surface area contributed by atoms with Crippen molar-refractivity contribution in [3.8, 4) is 5.75 Å². The van der Waals surface area contributed by atoms with Gasteiger partial charge in [-0.05, 0) is 35.7 Å². The molecule has 0 bridgehead atoms. The average Bonchev–Trinajstić information content (AvgIpc) is 2.68. The fraction of sp³-hybridized carbons (Fsp3) is 0.333. The Labute approximate surface area is 153 Å². The van der Waals surface area contributed by atoms with Crippen LogP contribution in [0.3, 0.4) is 0 Å². The highest BCUT2D eigenvalue weighted by molar-refractivity contribution is 6.01. The summed E-state index contributed by atoms with van der Waals surface area (Å²) in [6.45, 7) is 2.27. The van der Waals surface area contributed by atoms with Gasteiger partial charge in [0.1, 0.15) is 5.75 Å². The summed E-state index contributed by atoms with van der Waals surface area (Å²) in [6, 6.07) is 14.9. The van der Waals surface area contributed by atoms with E-state index in [2.05, 4.69) is 0 Å². The summed E-state index contributed by atoms with van der Waals surface area (Å²) in [7, 11) is 2.97. The maximum absolute atomic E-state index is 12.9. The number of methoxy groups -OCH3 is 2. The monoisotopic (exact) mass is 353 g/mol.